The second-order valence-corrected chi connectivity index (χ2v) is 2.22. The zero-order chi connectivity index (χ0) is 7.56. The van der Waals surface area contributed by atoms with Crippen LogP contribution in [0.4, 0.5) is 0 Å². The highest BCUT2D eigenvalue weighted by Crippen LogP contribution is 2.05. The fourth-order valence-corrected chi connectivity index (χ4v) is 0.874. The molecule has 0 bridgehead atoms. The minimum absolute atomic E-state index is 0.369. The molecule has 1 aliphatic rings. The third-order valence-electron chi connectivity index (χ3n) is 1.43. The first kappa shape index (κ1) is 6.86. The van der Waals surface area contributed by atoms with Gasteiger partial charge in [0.15, 0.2) is 0 Å². The quantitative estimate of drug-likeness (QED) is 0.548. The van der Waals surface area contributed by atoms with Gasteiger partial charge in [0.2, 0.25) is 0 Å². The first-order valence-corrected chi connectivity index (χ1v) is 3.09. The van der Waals surface area contributed by atoms with Crippen molar-refractivity contribution in [1.82, 2.24) is 4.90 Å². The number of likely N-dealkylation sites (N-methyl/N-ethyl adjacent to an activating group) is 1. The number of hydrogen-bond acceptors (Lipinski definition) is 2. The van der Waals surface area contributed by atoms with Crippen LogP contribution in [0.2, 0.25) is 0 Å². The van der Waals surface area contributed by atoms with Crippen LogP contribution in [0.15, 0.2) is 23.9 Å². The monoisotopic (exact) mass is 138 g/mol. The molecule has 0 aliphatic carbocycles. The summed E-state index contributed by atoms with van der Waals surface area (Å²) in [6.07, 6.45) is 5.51. The van der Waals surface area contributed by atoms with Gasteiger partial charge in [-0.15, -0.1) is 0 Å². The van der Waals surface area contributed by atoms with Crippen molar-refractivity contribution in [3.05, 3.63) is 23.9 Å². The van der Waals surface area contributed by atoms with Crippen molar-refractivity contribution < 1.29 is 4.79 Å². The van der Waals surface area contributed by atoms with Crippen LogP contribution in [0.3, 0.4) is 0 Å². The van der Waals surface area contributed by atoms with E-state index in [9.17, 15) is 4.79 Å². The Bertz CT molecular complexity index is 206. The van der Waals surface area contributed by atoms with Gasteiger partial charge in [-0.05, 0) is 6.08 Å². The third-order valence-corrected chi connectivity index (χ3v) is 1.43. The molecule has 0 aromatic heterocycles. The van der Waals surface area contributed by atoms with Crippen molar-refractivity contribution in [2.24, 2.45) is 5.73 Å². The first-order chi connectivity index (χ1) is 4.72. The zero-order valence-electron chi connectivity index (χ0n) is 5.87. The highest BCUT2D eigenvalue weighted by molar-refractivity contribution is 5.91. The Morgan fingerprint density at radius 2 is 2.50 bits per heavy atom. The van der Waals surface area contributed by atoms with Gasteiger partial charge in [0.25, 0.3) is 5.91 Å². The number of hydrogen-bond donors (Lipinski definition) is 1. The Labute approximate surface area is 59.8 Å². The summed E-state index contributed by atoms with van der Waals surface area (Å²) in [6, 6.07) is 0. The molecule has 0 aromatic rings. The summed E-state index contributed by atoms with van der Waals surface area (Å²) in [7, 11) is 1.83. The van der Waals surface area contributed by atoms with Crippen LogP contribution >= 0.6 is 0 Å². The van der Waals surface area contributed by atoms with Crippen molar-refractivity contribution in [2.75, 3.05) is 13.6 Å². The van der Waals surface area contributed by atoms with Crippen molar-refractivity contribution in [3.63, 3.8) is 0 Å². The predicted molar refractivity (Wildman–Crippen MR) is 39.0 cm³/mol. The predicted octanol–water partition coefficient (Wildman–Crippen LogP) is -0.143. The summed E-state index contributed by atoms with van der Waals surface area (Å²) >= 11 is 0. The molecule has 0 fully saturated rings. The number of carbonyl (C=O) groups excluding carboxylic acids is 1. The fourth-order valence-electron chi connectivity index (χ4n) is 0.874. The van der Waals surface area contributed by atoms with Crippen LogP contribution in [-0.2, 0) is 4.79 Å². The highest BCUT2D eigenvalue weighted by Gasteiger charge is 2.09. The fraction of sp³-hybridized carbons (Fsp3) is 0.286. The smallest absolute Gasteiger partial charge is 0.264 e. The summed E-state index contributed by atoms with van der Waals surface area (Å²) in [5.74, 6) is -0.369. The Kier molecular flexibility index (Phi) is 1.76. The number of amides is 1. The molecule has 0 saturated heterocycles. The maximum atomic E-state index is 10.6. The van der Waals surface area contributed by atoms with E-state index in [0.717, 1.165) is 6.54 Å². The van der Waals surface area contributed by atoms with Crippen LogP contribution in [0, 0.1) is 0 Å². The molecular weight excluding hydrogens is 128 g/mol. The van der Waals surface area contributed by atoms with Gasteiger partial charge < -0.3 is 10.6 Å². The van der Waals surface area contributed by atoms with E-state index in [1.165, 1.54) is 0 Å². The summed E-state index contributed by atoms with van der Waals surface area (Å²) in [5, 5.41) is 0. The van der Waals surface area contributed by atoms with Crippen LogP contribution < -0.4 is 5.73 Å². The van der Waals surface area contributed by atoms with Crippen molar-refractivity contribution in [1.29, 1.82) is 0 Å². The lowest BCUT2D eigenvalue weighted by atomic mass is 10.2. The van der Waals surface area contributed by atoms with Crippen molar-refractivity contribution >= 4 is 5.91 Å². The molecule has 0 atom stereocenters. The zero-order valence-corrected chi connectivity index (χ0v) is 5.87. The second kappa shape index (κ2) is 2.56. The lowest BCUT2D eigenvalue weighted by Crippen LogP contribution is -2.29. The summed E-state index contributed by atoms with van der Waals surface area (Å²) in [6.45, 7) is 0.759. The number of allylic oxidation sites excluding steroid dienone is 2. The average Bonchev–Trinajstić information content (AvgIpc) is 1.88. The lowest BCUT2D eigenvalue weighted by Gasteiger charge is -2.20. The van der Waals surface area contributed by atoms with Gasteiger partial charge in [-0.1, -0.05) is 12.2 Å². The second-order valence-electron chi connectivity index (χ2n) is 2.22. The maximum absolute atomic E-state index is 10.6. The molecular formula is C7H10N2O. The molecule has 54 valence electrons. The van der Waals surface area contributed by atoms with Gasteiger partial charge in [-0.3, -0.25) is 4.79 Å². The molecule has 0 aromatic carbocycles. The number of rotatable bonds is 1. The molecule has 0 saturated carbocycles. The standard InChI is InChI=1S/C7H10N2O/c1-9-5-3-2-4-6(9)7(8)10/h2-4H,5H2,1H3,(H2,8,10). The Morgan fingerprint density at radius 1 is 1.80 bits per heavy atom. The van der Waals surface area contributed by atoms with Crippen LogP contribution in [0.1, 0.15) is 0 Å². The molecule has 2 N–H and O–H groups in total. The van der Waals surface area contributed by atoms with Crippen molar-refractivity contribution in [3.8, 4) is 0 Å². The van der Waals surface area contributed by atoms with Gasteiger partial charge in [-0.2, -0.15) is 0 Å². The molecule has 1 heterocycles. The van der Waals surface area contributed by atoms with E-state index < -0.39 is 0 Å². The van der Waals surface area contributed by atoms with Crippen LogP contribution in [0.25, 0.3) is 0 Å². The van der Waals surface area contributed by atoms with E-state index in [4.69, 9.17) is 5.73 Å². The molecule has 0 spiro atoms. The summed E-state index contributed by atoms with van der Waals surface area (Å²) in [4.78, 5) is 12.5. The van der Waals surface area contributed by atoms with E-state index in [1.54, 1.807) is 6.08 Å². The van der Waals surface area contributed by atoms with Gasteiger partial charge in [-0.25, -0.2) is 0 Å². The van der Waals surface area contributed by atoms with E-state index in [2.05, 4.69) is 0 Å². The molecule has 1 aliphatic heterocycles. The topological polar surface area (TPSA) is 46.3 Å². The van der Waals surface area contributed by atoms with E-state index in [-0.39, 0.29) is 5.91 Å². The molecule has 1 amide bonds. The first-order valence-electron chi connectivity index (χ1n) is 3.09. The van der Waals surface area contributed by atoms with E-state index >= 15 is 0 Å². The maximum Gasteiger partial charge on any atom is 0.264 e. The van der Waals surface area contributed by atoms with E-state index in [1.807, 2.05) is 24.1 Å². The number of nitrogens with two attached hydrogens (primary N) is 1. The molecule has 10 heavy (non-hydrogen) atoms. The largest absolute Gasteiger partial charge is 0.366 e. The molecule has 3 nitrogen and oxygen atoms in total. The van der Waals surface area contributed by atoms with Crippen LogP contribution in [0.5, 0.6) is 0 Å². The average molecular weight is 138 g/mol. The van der Waals surface area contributed by atoms with Gasteiger partial charge in [0, 0.05) is 13.6 Å². The van der Waals surface area contributed by atoms with Gasteiger partial charge in [0.05, 0.1) is 0 Å². The van der Waals surface area contributed by atoms with Gasteiger partial charge in [0.1, 0.15) is 5.70 Å². The Balaban J connectivity index is 2.80. The molecule has 0 radical (unpaired) electrons. The molecule has 0 unspecified atom stereocenters. The summed E-state index contributed by atoms with van der Waals surface area (Å²) < 4.78 is 0. The van der Waals surface area contributed by atoms with Crippen molar-refractivity contribution in [2.45, 2.75) is 0 Å². The van der Waals surface area contributed by atoms with E-state index in [0.29, 0.717) is 5.70 Å². The van der Waals surface area contributed by atoms with Gasteiger partial charge >= 0.3 is 0 Å². The SMILES string of the molecule is CN1CC=CC=C1C(N)=O. The third kappa shape index (κ3) is 1.18. The minimum atomic E-state index is -0.369. The van der Waals surface area contributed by atoms with Crippen LogP contribution in [-0.4, -0.2) is 24.4 Å². The minimum Gasteiger partial charge on any atom is -0.366 e. The normalized spacial score (nSPS) is 16.9. The number of primary amides is 1. The number of carbonyl (C=O) groups is 1. The number of nitrogens with zero attached hydrogens (tertiary/aromatic N) is 1. The molecule has 3 heteroatoms. The highest BCUT2D eigenvalue weighted by atomic mass is 16.1. The molecule has 1 rings (SSSR count). The summed E-state index contributed by atoms with van der Waals surface area (Å²) in [5.41, 5.74) is 5.65. The Morgan fingerprint density at radius 3 is 2.90 bits per heavy atom. The lowest BCUT2D eigenvalue weighted by molar-refractivity contribution is -0.115. The Hall–Kier alpha value is -1.25.